The third kappa shape index (κ3) is 3.91. The van der Waals surface area contributed by atoms with Crippen molar-refractivity contribution in [2.75, 3.05) is 5.75 Å². The van der Waals surface area contributed by atoms with E-state index in [0.29, 0.717) is 17.2 Å². The molecule has 1 N–H and O–H groups in total. The second-order valence-corrected chi connectivity index (χ2v) is 7.41. The van der Waals surface area contributed by atoms with E-state index < -0.39 is 0 Å². The fourth-order valence-corrected chi connectivity index (χ4v) is 2.86. The van der Waals surface area contributed by atoms with Crippen LogP contribution >= 0.6 is 11.8 Å². The average Bonchev–Trinajstić information content (AvgIpc) is 2.95. The number of nitrogens with zero attached hydrogens (tertiary/aromatic N) is 4. The van der Waals surface area contributed by atoms with Crippen LogP contribution in [0.15, 0.2) is 47.5 Å². The van der Waals surface area contributed by atoms with Gasteiger partial charge in [-0.25, -0.2) is 0 Å². The molecule has 0 spiro atoms. The molecule has 0 atom stereocenters. The first-order valence-corrected chi connectivity index (χ1v) is 8.63. The Kier molecular flexibility index (Phi) is 4.53. The molecule has 0 unspecified atom stereocenters. The molecule has 0 aliphatic heterocycles. The van der Waals surface area contributed by atoms with Gasteiger partial charge in [-0.3, -0.25) is 4.79 Å². The minimum absolute atomic E-state index is 0.0126. The Balaban J connectivity index is 1.80. The lowest BCUT2D eigenvalue weighted by Crippen LogP contribution is -2.41. The molecule has 2 aromatic heterocycles. The van der Waals surface area contributed by atoms with Gasteiger partial charge in [-0.15, -0.1) is 10.2 Å². The van der Waals surface area contributed by atoms with Crippen LogP contribution in [0.2, 0.25) is 0 Å². The van der Waals surface area contributed by atoms with Crippen LogP contribution in [0.5, 0.6) is 0 Å². The van der Waals surface area contributed by atoms with Crippen molar-refractivity contribution in [3.8, 4) is 11.4 Å². The summed E-state index contributed by atoms with van der Waals surface area (Å²) in [5.41, 5.74) is 1.39. The zero-order valence-electron chi connectivity index (χ0n) is 13.9. The van der Waals surface area contributed by atoms with Crippen LogP contribution in [-0.2, 0) is 4.79 Å². The molecule has 7 heteroatoms. The summed E-state index contributed by atoms with van der Waals surface area (Å²) in [7, 11) is 0. The maximum Gasteiger partial charge on any atom is 0.230 e. The second-order valence-electron chi connectivity index (χ2n) is 6.42. The van der Waals surface area contributed by atoms with Crippen molar-refractivity contribution in [1.82, 2.24) is 25.1 Å². The maximum absolute atomic E-state index is 11.9. The van der Waals surface area contributed by atoms with E-state index in [1.807, 2.05) is 63.2 Å². The van der Waals surface area contributed by atoms with Gasteiger partial charge in [0.25, 0.3) is 0 Å². The van der Waals surface area contributed by atoms with Crippen molar-refractivity contribution in [3.63, 3.8) is 0 Å². The third-order valence-corrected chi connectivity index (χ3v) is 4.06. The Bertz CT molecular complexity index is 854. The summed E-state index contributed by atoms with van der Waals surface area (Å²) in [5, 5.41) is 16.6. The molecule has 0 fully saturated rings. The van der Waals surface area contributed by atoms with Gasteiger partial charge in [0.05, 0.1) is 5.75 Å². The summed E-state index contributed by atoms with van der Waals surface area (Å²) in [6.45, 7) is 5.88. The largest absolute Gasteiger partial charge is 0.351 e. The Morgan fingerprint density at radius 2 is 1.88 bits per heavy atom. The standard InChI is InChI=1S/C17H19N5OS/c1-17(2,3)18-14(23)11-24-15-10-9-13-19-20-16(22(13)21-15)12-7-5-4-6-8-12/h4-10H,11H2,1-3H3,(H,18,23). The van der Waals surface area contributed by atoms with Gasteiger partial charge in [0.1, 0.15) is 5.03 Å². The summed E-state index contributed by atoms with van der Waals surface area (Å²) in [6.07, 6.45) is 0. The zero-order valence-corrected chi connectivity index (χ0v) is 14.7. The van der Waals surface area contributed by atoms with Crippen LogP contribution in [0.25, 0.3) is 17.0 Å². The van der Waals surface area contributed by atoms with Gasteiger partial charge in [0.2, 0.25) is 5.91 Å². The van der Waals surface area contributed by atoms with Crippen LogP contribution < -0.4 is 5.32 Å². The molecule has 0 aliphatic carbocycles. The van der Waals surface area contributed by atoms with Crippen LogP contribution in [0.1, 0.15) is 20.8 Å². The van der Waals surface area contributed by atoms with E-state index in [0.717, 1.165) is 10.6 Å². The van der Waals surface area contributed by atoms with Crippen LogP contribution in [0, 0.1) is 0 Å². The molecule has 0 bridgehead atoms. The molecule has 0 saturated carbocycles. The first-order chi connectivity index (χ1) is 11.4. The number of fused-ring (bicyclic) bond motifs is 1. The molecule has 0 saturated heterocycles. The lowest BCUT2D eigenvalue weighted by molar-refractivity contribution is -0.119. The van der Waals surface area contributed by atoms with Gasteiger partial charge in [0.15, 0.2) is 11.5 Å². The van der Waals surface area contributed by atoms with Gasteiger partial charge in [-0.05, 0) is 32.9 Å². The van der Waals surface area contributed by atoms with E-state index in [-0.39, 0.29) is 11.4 Å². The lowest BCUT2D eigenvalue weighted by atomic mass is 10.1. The number of rotatable bonds is 4. The highest BCUT2D eigenvalue weighted by Crippen LogP contribution is 2.20. The summed E-state index contributed by atoms with van der Waals surface area (Å²) >= 11 is 1.39. The van der Waals surface area contributed by atoms with Gasteiger partial charge in [-0.2, -0.15) is 9.61 Å². The first-order valence-electron chi connectivity index (χ1n) is 7.64. The Morgan fingerprint density at radius 1 is 1.12 bits per heavy atom. The van der Waals surface area contributed by atoms with Crippen LogP contribution in [0.3, 0.4) is 0 Å². The third-order valence-electron chi connectivity index (χ3n) is 3.14. The van der Waals surface area contributed by atoms with Gasteiger partial charge in [-0.1, -0.05) is 42.1 Å². The molecule has 24 heavy (non-hydrogen) atoms. The first kappa shape index (κ1) is 16.4. The fraction of sp³-hybridized carbons (Fsp3) is 0.294. The number of carbonyl (C=O) groups excluding carboxylic acids is 1. The second kappa shape index (κ2) is 6.60. The molecule has 1 amide bonds. The van der Waals surface area contributed by atoms with E-state index in [1.165, 1.54) is 11.8 Å². The number of thioether (sulfide) groups is 1. The Morgan fingerprint density at radius 3 is 2.58 bits per heavy atom. The monoisotopic (exact) mass is 341 g/mol. The molecule has 0 aliphatic rings. The van der Waals surface area contributed by atoms with Gasteiger partial charge in [0, 0.05) is 11.1 Å². The molecule has 3 rings (SSSR count). The van der Waals surface area contributed by atoms with Crippen molar-refractivity contribution < 1.29 is 4.79 Å². The SMILES string of the molecule is CC(C)(C)NC(=O)CSc1ccc2nnc(-c3ccccc3)n2n1. The molecular formula is C17H19N5OS. The number of hydrogen-bond acceptors (Lipinski definition) is 5. The summed E-state index contributed by atoms with van der Waals surface area (Å²) in [5.74, 6) is 0.993. The van der Waals surface area contributed by atoms with Crippen LogP contribution in [-0.4, -0.2) is 37.0 Å². The summed E-state index contributed by atoms with van der Waals surface area (Å²) < 4.78 is 1.71. The normalized spacial score (nSPS) is 11.6. The molecule has 6 nitrogen and oxygen atoms in total. The average molecular weight is 341 g/mol. The van der Waals surface area contributed by atoms with E-state index >= 15 is 0 Å². The molecule has 2 heterocycles. The predicted molar refractivity (Wildman–Crippen MR) is 94.8 cm³/mol. The predicted octanol–water partition coefficient (Wildman–Crippen LogP) is 2.80. The number of nitrogens with one attached hydrogen (secondary N) is 1. The van der Waals surface area contributed by atoms with Gasteiger partial charge >= 0.3 is 0 Å². The summed E-state index contributed by atoms with van der Waals surface area (Å²) in [6, 6.07) is 13.5. The van der Waals surface area contributed by atoms with Crippen molar-refractivity contribution >= 4 is 23.3 Å². The number of aromatic nitrogens is 4. The maximum atomic E-state index is 11.9. The topological polar surface area (TPSA) is 72.2 Å². The minimum atomic E-state index is -0.232. The smallest absolute Gasteiger partial charge is 0.230 e. The molecule has 1 aromatic carbocycles. The molecular weight excluding hydrogens is 322 g/mol. The molecule has 124 valence electrons. The van der Waals surface area contributed by atoms with E-state index in [1.54, 1.807) is 4.52 Å². The van der Waals surface area contributed by atoms with Crippen molar-refractivity contribution in [3.05, 3.63) is 42.5 Å². The Labute approximate surface area is 144 Å². The lowest BCUT2D eigenvalue weighted by Gasteiger charge is -2.20. The van der Waals surface area contributed by atoms with E-state index in [4.69, 9.17) is 0 Å². The number of amides is 1. The number of hydrogen-bond donors (Lipinski definition) is 1. The highest BCUT2D eigenvalue weighted by atomic mass is 32.2. The highest BCUT2D eigenvalue weighted by Gasteiger charge is 2.15. The van der Waals surface area contributed by atoms with Crippen LogP contribution in [0.4, 0.5) is 0 Å². The number of benzene rings is 1. The van der Waals surface area contributed by atoms with E-state index in [9.17, 15) is 4.79 Å². The van der Waals surface area contributed by atoms with Crippen molar-refractivity contribution in [2.24, 2.45) is 0 Å². The molecule has 3 aromatic rings. The summed E-state index contributed by atoms with van der Waals surface area (Å²) in [4.78, 5) is 11.9. The van der Waals surface area contributed by atoms with Crippen molar-refractivity contribution in [2.45, 2.75) is 31.3 Å². The Hall–Kier alpha value is -2.41. The van der Waals surface area contributed by atoms with E-state index in [2.05, 4.69) is 20.6 Å². The minimum Gasteiger partial charge on any atom is -0.351 e. The fourth-order valence-electron chi connectivity index (χ4n) is 2.21. The van der Waals surface area contributed by atoms with Crippen molar-refractivity contribution in [1.29, 1.82) is 0 Å². The molecule has 0 radical (unpaired) electrons. The highest BCUT2D eigenvalue weighted by molar-refractivity contribution is 7.99. The number of carbonyl (C=O) groups is 1. The quantitative estimate of drug-likeness (QED) is 0.739. The van der Waals surface area contributed by atoms with Gasteiger partial charge < -0.3 is 5.32 Å². The zero-order chi connectivity index (χ0) is 17.2.